The lowest BCUT2D eigenvalue weighted by atomic mass is 10.2. The lowest BCUT2D eigenvalue weighted by molar-refractivity contribution is -0.123. The number of carbonyl (C=O) groups is 2. The molecule has 2 aromatic carbocycles. The van der Waals surface area contributed by atoms with Crippen LogP contribution in [0.4, 0.5) is 14.5 Å². The van der Waals surface area contributed by atoms with Crippen LogP contribution in [-0.4, -0.2) is 28.4 Å². The van der Waals surface area contributed by atoms with Crippen molar-refractivity contribution in [1.29, 1.82) is 0 Å². The van der Waals surface area contributed by atoms with Crippen molar-refractivity contribution in [3.8, 4) is 0 Å². The number of hydrogen-bond acceptors (Lipinski definition) is 4. The topological polar surface area (TPSA) is 72.5 Å². The normalized spacial score (nSPS) is 13.0. The predicted octanol–water partition coefficient (Wildman–Crippen LogP) is 2.89. The van der Waals surface area contributed by atoms with E-state index in [1.54, 1.807) is 12.1 Å². The van der Waals surface area contributed by atoms with Gasteiger partial charge in [0, 0.05) is 12.3 Å². The minimum absolute atomic E-state index is 0.0796. The summed E-state index contributed by atoms with van der Waals surface area (Å²) >= 11 is 0. The number of benzene rings is 2. The highest BCUT2D eigenvalue weighted by molar-refractivity contribution is 7.84. The number of carbonyl (C=O) groups excluding carboxylic acids is 2. The zero-order chi connectivity index (χ0) is 18.6. The van der Waals surface area contributed by atoms with Gasteiger partial charge in [0.1, 0.15) is 11.6 Å². The molecule has 0 saturated carbocycles. The highest BCUT2D eigenvalue weighted by Crippen LogP contribution is 2.17. The van der Waals surface area contributed by atoms with Crippen LogP contribution in [0.25, 0.3) is 0 Å². The van der Waals surface area contributed by atoms with E-state index in [0.29, 0.717) is 6.07 Å². The van der Waals surface area contributed by atoms with Crippen LogP contribution in [0, 0.1) is 11.6 Å². The fourth-order valence-electron chi connectivity index (χ4n) is 1.99. The molecular formula is C17H15F2NO4S. The SMILES string of the molecule is C[C@@H](OC(=O)c1ccccc1[S@@](C)=O)C(=O)Nc1ccc(F)cc1F. The van der Waals surface area contributed by atoms with Crippen LogP contribution in [0.3, 0.4) is 0 Å². The molecule has 0 aliphatic heterocycles. The molecule has 25 heavy (non-hydrogen) atoms. The second kappa shape index (κ2) is 7.98. The summed E-state index contributed by atoms with van der Waals surface area (Å²) in [7, 11) is -1.41. The van der Waals surface area contributed by atoms with Crippen molar-refractivity contribution in [2.24, 2.45) is 0 Å². The zero-order valence-electron chi connectivity index (χ0n) is 13.4. The number of anilines is 1. The lowest BCUT2D eigenvalue weighted by Gasteiger charge is -2.15. The minimum atomic E-state index is -1.41. The van der Waals surface area contributed by atoms with E-state index in [1.807, 2.05) is 0 Å². The van der Waals surface area contributed by atoms with E-state index in [0.717, 1.165) is 12.1 Å². The maximum Gasteiger partial charge on any atom is 0.340 e. The molecule has 0 saturated heterocycles. The maximum absolute atomic E-state index is 13.5. The average molecular weight is 367 g/mol. The molecule has 5 nitrogen and oxygen atoms in total. The van der Waals surface area contributed by atoms with Crippen molar-refractivity contribution in [3.05, 3.63) is 59.7 Å². The summed E-state index contributed by atoms with van der Waals surface area (Å²) in [5.74, 6) is -3.33. The predicted molar refractivity (Wildman–Crippen MR) is 88.6 cm³/mol. The molecule has 0 radical (unpaired) electrons. The molecule has 1 amide bonds. The van der Waals surface area contributed by atoms with E-state index in [4.69, 9.17) is 4.74 Å². The summed E-state index contributed by atoms with van der Waals surface area (Å²) in [5.41, 5.74) is -0.152. The molecule has 1 N–H and O–H groups in total. The van der Waals surface area contributed by atoms with Crippen LogP contribution in [0.1, 0.15) is 17.3 Å². The molecule has 0 spiro atoms. The van der Waals surface area contributed by atoms with Crippen LogP contribution < -0.4 is 5.32 Å². The highest BCUT2D eigenvalue weighted by Gasteiger charge is 2.22. The fourth-order valence-corrected chi connectivity index (χ4v) is 2.72. The molecule has 0 aliphatic rings. The first-order valence-corrected chi connectivity index (χ1v) is 8.74. The molecule has 0 fully saturated rings. The van der Waals surface area contributed by atoms with Gasteiger partial charge >= 0.3 is 5.97 Å². The second-order valence-corrected chi connectivity index (χ2v) is 6.46. The van der Waals surface area contributed by atoms with Gasteiger partial charge in [0.25, 0.3) is 5.91 Å². The van der Waals surface area contributed by atoms with Gasteiger partial charge in [-0.05, 0) is 31.2 Å². The largest absolute Gasteiger partial charge is 0.449 e. The van der Waals surface area contributed by atoms with Crippen LogP contribution in [-0.2, 0) is 20.3 Å². The Morgan fingerprint density at radius 3 is 2.48 bits per heavy atom. The molecular weight excluding hydrogens is 352 g/mol. The summed E-state index contributed by atoms with van der Waals surface area (Å²) in [6, 6.07) is 8.83. The first-order chi connectivity index (χ1) is 11.8. The summed E-state index contributed by atoms with van der Waals surface area (Å²) in [6.45, 7) is 1.31. The van der Waals surface area contributed by atoms with Gasteiger partial charge < -0.3 is 10.1 Å². The summed E-state index contributed by atoms with van der Waals surface area (Å²) in [6.07, 6.45) is 0.176. The first-order valence-electron chi connectivity index (χ1n) is 7.19. The molecule has 0 unspecified atom stereocenters. The van der Waals surface area contributed by atoms with Gasteiger partial charge in [-0.3, -0.25) is 9.00 Å². The third-order valence-electron chi connectivity index (χ3n) is 3.26. The van der Waals surface area contributed by atoms with Crippen LogP contribution in [0.15, 0.2) is 47.4 Å². The molecule has 0 aromatic heterocycles. The van der Waals surface area contributed by atoms with E-state index < -0.39 is 40.4 Å². The van der Waals surface area contributed by atoms with Gasteiger partial charge in [0.2, 0.25) is 0 Å². The van der Waals surface area contributed by atoms with Gasteiger partial charge in [-0.25, -0.2) is 13.6 Å². The van der Waals surface area contributed by atoms with E-state index in [2.05, 4.69) is 5.32 Å². The Hall–Kier alpha value is -2.61. The molecule has 0 aliphatic carbocycles. The van der Waals surface area contributed by atoms with Gasteiger partial charge in [0.15, 0.2) is 6.10 Å². The Kier molecular flexibility index (Phi) is 5.97. The molecule has 2 atom stereocenters. The van der Waals surface area contributed by atoms with E-state index in [9.17, 15) is 22.6 Å². The molecule has 2 rings (SSSR count). The fraction of sp³-hybridized carbons (Fsp3) is 0.176. The van der Waals surface area contributed by atoms with Crippen LogP contribution in [0.5, 0.6) is 0 Å². The average Bonchev–Trinajstić information content (AvgIpc) is 2.57. The number of rotatable bonds is 5. The van der Waals surface area contributed by atoms with Crippen LogP contribution >= 0.6 is 0 Å². The molecule has 0 heterocycles. The quantitative estimate of drug-likeness (QED) is 0.825. The standard InChI is InChI=1S/C17H15F2NO4S/c1-10(16(21)20-14-8-7-11(18)9-13(14)19)24-17(22)12-5-3-4-6-15(12)25(2)23/h3-10H,1-2H3,(H,20,21)/t10-,25-/m1/s1. The summed E-state index contributed by atoms with van der Waals surface area (Å²) in [4.78, 5) is 24.5. The smallest absolute Gasteiger partial charge is 0.340 e. The Morgan fingerprint density at radius 1 is 1.16 bits per heavy atom. The second-order valence-electron chi connectivity index (χ2n) is 5.11. The summed E-state index contributed by atoms with van der Waals surface area (Å²) < 4.78 is 43.1. The lowest BCUT2D eigenvalue weighted by Crippen LogP contribution is -2.30. The number of hydrogen-bond donors (Lipinski definition) is 1. The number of esters is 1. The van der Waals surface area contributed by atoms with Gasteiger partial charge in [-0.2, -0.15) is 0 Å². The molecule has 8 heteroatoms. The molecule has 0 bridgehead atoms. The third-order valence-corrected chi connectivity index (χ3v) is 4.23. The van der Waals surface area contributed by atoms with Crippen molar-refractivity contribution < 1.29 is 27.3 Å². The Balaban J connectivity index is 2.08. The number of amides is 1. The van der Waals surface area contributed by atoms with Crippen molar-refractivity contribution in [3.63, 3.8) is 0 Å². The van der Waals surface area contributed by atoms with E-state index in [-0.39, 0.29) is 16.1 Å². The van der Waals surface area contributed by atoms with Crippen molar-refractivity contribution in [2.75, 3.05) is 11.6 Å². The molecule has 132 valence electrons. The van der Waals surface area contributed by atoms with Crippen LogP contribution in [0.2, 0.25) is 0 Å². The van der Waals surface area contributed by atoms with Crippen molar-refractivity contribution >= 4 is 28.4 Å². The Morgan fingerprint density at radius 2 is 1.84 bits per heavy atom. The van der Waals surface area contributed by atoms with E-state index >= 15 is 0 Å². The number of ether oxygens (including phenoxy) is 1. The van der Waals surface area contributed by atoms with E-state index in [1.165, 1.54) is 25.3 Å². The minimum Gasteiger partial charge on any atom is -0.449 e. The monoisotopic (exact) mass is 367 g/mol. The van der Waals surface area contributed by atoms with Gasteiger partial charge in [-0.1, -0.05) is 12.1 Å². The van der Waals surface area contributed by atoms with Crippen molar-refractivity contribution in [2.45, 2.75) is 17.9 Å². The number of halogens is 2. The Labute approximate surface area is 145 Å². The maximum atomic E-state index is 13.5. The van der Waals surface area contributed by atoms with Crippen molar-refractivity contribution in [1.82, 2.24) is 0 Å². The van der Waals surface area contributed by atoms with Gasteiger partial charge in [0.05, 0.1) is 26.9 Å². The number of nitrogens with one attached hydrogen (secondary N) is 1. The first kappa shape index (κ1) is 18.7. The molecule has 2 aromatic rings. The van der Waals surface area contributed by atoms with Gasteiger partial charge in [-0.15, -0.1) is 0 Å². The zero-order valence-corrected chi connectivity index (χ0v) is 14.2. The highest BCUT2D eigenvalue weighted by atomic mass is 32.2. The third kappa shape index (κ3) is 4.69. The Bertz CT molecular complexity index is 841. The summed E-state index contributed by atoms with van der Waals surface area (Å²) in [5, 5.41) is 2.21.